The van der Waals surface area contributed by atoms with Gasteiger partial charge in [-0.1, -0.05) is 18.5 Å². The van der Waals surface area contributed by atoms with Gasteiger partial charge in [0.1, 0.15) is 0 Å². The Morgan fingerprint density at radius 2 is 2.32 bits per heavy atom. The van der Waals surface area contributed by atoms with Crippen molar-refractivity contribution >= 4 is 35.2 Å². The zero-order chi connectivity index (χ0) is 14.0. The summed E-state index contributed by atoms with van der Waals surface area (Å²) in [6.07, 6.45) is 1.98. The van der Waals surface area contributed by atoms with E-state index < -0.39 is 5.92 Å². The van der Waals surface area contributed by atoms with Crippen molar-refractivity contribution in [2.24, 2.45) is 10.9 Å². The van der Waals surface area contributed by atoms with E-state index in [9.17, 15) is 9.59 Å². The number of hydrogen-bond acceptors (Lipinski definition) is 3. The molecule has 0 aliphatic carbocycles. The Bertz CT molecular complexity index is 554. The molecule has 1 heterocycles. The summed E-state index contributed by atoms with van der Waals surface area (Å²) in [5, 5.41) is 0.491. The Hall–Kier alpha value is -1.68. The zero-order valence-electron chi connectivity index (χ0n) is 10.9. The molecule has 1 atom stereocenters. The van der Waals surface area contributed by atoms with Crippen LogP contribution in [0.25, 0.3) is 0 Å². The van der Waals surface area contributed by atoms with Gasteiger partial charge in [0.2, 0.25) is 5.91 Å². The highest BCUT2D eigenvalue weighted by molar-refractivity contribution is 6.31. The van der Waals surface area contributed by atoms with Crippen molar-refractivity contribution in [3.63, 3.8) is 0 Å². The molecule has 5 heteroatoms. The van der Waals surface area contributed by atoms with Crippen molar-refractivity contribution in [1.82, 2.24) is 0 Å². The monoisotopic (exact) mass is 278 g/mol. The third-order valence-electron chi connectivity index (χ3n) is 3.16. The largest absolute Gasteiger partial charge is 0.311 e. The van der Waals surface area contributed by atoms with Crippen LogP contribution in [0.5, 0.6) is 0 Å². The number of carbonyl (C=O) groups is 2. The Labute approximate surface area is 117 Å². The van der Waals surface area contributed by atoms with E-state index in [-0.39, 0.29) is 11.7 Å². The molecule has 4 nitrogen and oxygen atoms in total. The summed E-state index contributed by atoms with van der Waals surface area (Å²) >= 11 is 5.94. The number of benzene rings is 1. The van der Waals surface area contributed by atoms with Gasteiger partial charge in [-0.3, -0.25) is 9.59 Å². The standard InChI is InChI=1S/C14H15ClN2O2/c1-3-13(18)17-8-9(7-16-2)14(19)11-6-10(15)4-5-12(11)17/h4-7,9H,3,8H2,1-2H3. The summed E-state index contributed by atoms with van der Waals surface area (Å²) in [5.74, 6) is -0.444. The third-order valence-corrected chi connectivity index (χ3v) is 3.40. The molecular formula is C14H15ClN2O2. The number of amides is 1. The van der Waals surface area contributed by atoms with Crippen molar-refractivity contribution in [1.29, 1.82) is 0 Å². The molecule has 100 valence electrons. The maximum absolute atomic E-state index is 12.3. The lowest BCUT2D eigenvalue weighted by molar-refractivity contribution is -0.118. The number of carbonyl (C=O) groups excluding carboxylic acids is 2. The van der Waals surface area contributed by atoms with E-state index in [0.717, 1.165) is 0 Å². The van der Waals surface area contributed by atoms with Gasteiger partial charge >= 0.3 is 0 Å². The Balaban J connectivity index is 2.52. The van der Waals surface area contributed by atoms with Crippen LogP contribution in [0.3, 0.4) is 0 Å². The number of Topliss-reactive ketones (excluding diaryl/α,β-unsaturated/α-hetero) is 1. The highest BCUT2D eigenvalue weighted by Crippen LogP contribution is 2.31. The van der Waals surface area contributed by atoms with Gasteiger partial charge in [0, 0.05) is 36.8 Å². The second-order valence-corrected chi connectivity index (χ2v) is 4.83. The van der Waals surface area contributed by atoms with Gasteiger partial charge < -0.3 is 9.89 Å². The number of rotatable bonds is 2. The normalized spacial score (nSPS) is 18.8. The smallest absolute Gasteiger partial charge is 0.226 e. The number of anilines is 1. The first kappa shape index (κ1) is 13.7. The van der Waals surface area contributed by atoms with Gasteiger partial charge in [0.15, 0.2) is 5.78 Å². The minimum atomic E-state index is -0.397. The SMILES string of the molecule is CCC(=O)N1CC(C=NC)C(=O)c2cc(Cl)ccc21. The topological polar surface area (TPSA) is 49.7 Å². The van der Waals surface area contributed by atoms with Crippen molar-refractivity contribution in [3.05, 3.63) is 28.8 Å². The molecule has 1 aromatic rings. The Kier molecular flexibility index (Phi) is 4.00. The number of fused-ring (bicyclic) bond motifs is 1. The first-order valence-electron chi connectivity index (χ1n) is 6.15. The van der Waals surface area contributed by atoms with Crippen molar-refractivity contribution in [3.8, 4) is 0 Å². The van der Waals surface area contributed by atoms with Gasteiger partial charge in [0.05, 0.1) is 11.6 Å². The average Bonchev–Trinajstić information content (AvgIpc) is 2.41. The number of aliphatic imine (C=N–C) groups is 1. The first-order valence-corrected chi connectivity index (χ1v) is 6.52. The molecule has 0 spiro atoms. The number of hydrogen-bond donors (Lipinski definition) is 0. The van der Waals surface area contributed by atoms with Crippen LogP contribution in [0, 0.1) is 5.92 Å². The maximum Gasteiger partial charge on any atom is 0.226 e. The van der Waals surface area contributed by atoms with E-state index in [4.69, 9.17) is 11.6 Å². The fourth-order valence-corrected chi connectivity index (χ4v) is 2.41. The fraction of sp³-hybridized carbons (Fsp3) is 0.357. The predicted molar refractivity (Wildman–Crippen MR) is 76.3 cm³/mol. The molecule has 1 unspecified atom stereocenters. The molecule has 0 radical (unpaired) electrons. The Morgan fingerprint density at radius 1 is 1.58 bits per heavy atom. The fourth-order valence-electron chi connectivity index (χ4n) is 2.24. The number of ketones is 1. The molecule has 1 aliphatic rings. The molecule has 0 N–H and O–H groups in total. The maximum atomic E-state index is 12.3. The lowest BCUT2D eigenvalue weighted by Crippen LogP contribution is -2.43. The van der Waals surface area contributed by atoms with Crippen LogP contribution in [-0.2, 0) is 4.79 Å². The number of nitrogens with zero attached hydrogens (tertiary/aromatic N) is 2. The van der Waals surface area contributed by atoms with E-state index >= 15 is 0 Å². The molecule has 0 fully saturated rings. The van der Waals surface area contributed by atoms with Crippen LogP contribution in [0.4, 0.5) is 5.69 Å². The Morgan fingerprint density at radius 3 is 2.95 bits per heavy atom. The second-order valence-electron chi connectivity index (χ2n) is 4.40. The highest BCUT2D eigenvalue weighted by atomic mass is 35.5. The number of halogens is 1. The van der Waals surface area contributed by atoms with Crippen molar-refractivity contribution in [2.75, 3.05) is 18.5 Å². The van der Waals surface area contributed by atoms with Crippen LogP contribution >= 0.6 is 11.6 Å². The van der Waals surface area contributed by atoms with E-state index in [1.165, 1.54) is 0 Å². The highest BCUT2D eigenvalue weighted by Gasteiger charge is 2.33. The quantitative estimate of drug-likeness (QED) is 0.781. The minimum Gasteiger partial charge on any atom is -0.311 e. The molecule has 1 aromatic carbocycles. The van der Waals surface area contributed by atoms with Gasteiger partial charge in [-0.2, -0.15) is 0 Å². The molecule has 0 aromatic heterocycles. The van der Waals surface area contributed by atoms with Gasteiger partial charge in [-0.25, -0.2) is 0 Å². The molecule has 1 amide bonds. The molecule has 2 rings (SSSR count). The first-order chi connectivity index (χ1) is 9.08. The summed E-state index contributed by atoms with van der Waals surface area (Å²) in [6.45, 7) is 2.15. The predicted octanol–water partition coefficient (Wildman–Crippen LogP) is 2.60. The molecular weight excluding hydrogens is 264 g/mol. The third kappa shape index (κ3) is 2.54. The van der Waals surface area contributed by atoms with E-state index in [1.54, 1.807) is 43.3 Å². The molecule has 1 aliphatic heterocycles. The van der Waals surface area contributed by atoms with Gasteiger partial charge in [0.25, 0.3) is 0 Å². The zero-order valence-corrected chi connectivity index (χ0v) is 11.6. The summed E-state index contributed by atoms with van der Waals surface area (Å²) < 4.78 is 0. The van der Waals surface area contributed by atoms with Gasteiger partial charge in [-0.05, 0) is 18.2 Å². The van der Waals surface area contributed by atoms with Crippen molar-refractivity contribution in [2.45, 2.75) is 13.3 Å². The van der Waals surface area contributed by atoms with Gasteiger partial charge in [-0.15, -0.1) is 0 Å². The van der Waals surface area contributed by atoms with Crippen molar-refractivity contribution < 1.29 is 9.59 Å². The van der Waals surface area contributed by atoms with Crippen LogP contribution in [0.1, 0.15) is 23.7 Å². The average molecular weight is 279 g/mol. The van der Waals surface area contributed by atoms with Crippen LogP contribution < -0.4 is 4.90 Å². The second kappa shape index (κ2) is 5.53. The minimum absolute atomic E-state index is 0.00873. The molecule has 19 heavy (non-hydrogen) atoms. The molecule has 0 saturated carbocycles. The van der Waals surface area contributed by atoms with E-state index in [0.29, 0.717) is 29.2 Å². The van der Waals surface area contributed by atoms with Crippen LogP contribution in [0.2, 0.25) is 5.02 Å². The van der Waals surface area contributed by atoms with Crippen LogP contribution in [0.15, 0.2) is 23.2 Å². The summed E-state index contributed by atoms with van der Waals surface area (Å²) in [4.78, 5) is 29.9. The summed E-state index contributed by atoms with van der Waals surface area (Å²) in [7, 11) is 1.62. The van der Waals surface area contributed by atoms with E-state index in [2.05, 4.69) is 4.99 Å². The molecule has 0 saturated heterocycles. The summed E-state index contributed by atoms with van der Waals surface area (Å²) in [6, 6.07) is 5.03. The van der Waals surface area contributed by atoms with Crippen LogP contribution in [-0.4, -0.2) is 31.5 Å². The summed E-state index contributed by atoms with van der Waals surface area (Å²) in [5.41, 5.74) is 1.13. The molecule has 0 bridgehead atoms. The van der Waals surface area contributed by atoms with E-state index in [1.807, 2.05) is 0 Å². The lowest BCUT2D eigenvalue weighted by Gasteiger charge is -2.32. The lowest BCUT2D eigenvalue weighted by atomic mass is 9.91.